The van der Waals surface area contributed by atoms with Crippen LogP contribution in [0.2, 0.25) is 0 Å². The molecular formula is C19H29ClN2O2. The summed E-state index contributed by atoms with van der Waals surface area (Å²) in [5.41, 5.74) is 2.18. The topological polar surface area (TPSA) is 41.6 Å². The van der Waals surface area contributed by atoms with Gasteiger partial charge in [-0.3, -0.25) is 4.79 Å². The SMILES string of the molecule is CNCC1CCCN(C(=O)/C=C(/C)Cc2ccccc2OC)C1.Cl. The number of benzene rings is 1. The molecule has 0 saturated carbocycles. The van der Waals surface area contributed by atoms with Crippen LogP contribution < -0.4 is 10.1 Å². The van der Waals surface area contributed by atoms with Crippen LogP contribution in [0.5, 0.6) is 5.75 Å². The summed E-state index contributed by atoms with van der Waals surface area (Å²) >= 11 is 0. The third-order valence-corrected chi connectivity index (χ3v) is 4.36. The Morgan fingerprint density at radius 3 is 2.88 bits per heavy atom. The number of amides is 1. The maximum absolute atomic E-state index is 12.5. The number of rotatable bonds is 6. The van der Waals surface area contributed by atoms with Crippen molar-refractivity contribution in [2.75, 3.05) is 33.8 Å². The number of ether oxygens (including phenoxy) is 1. The standard InChI is InChI=1S/C19H28N2O2.ClH/c1-15(11-17-8-4-5-9-18(17)23-3)12-19(22)21-10-6-7-16(14-21)13-20-2;/h4-5,8-9,12,16,20H,6-7,10-11,13-14H2,1-3H3;1H/b15-12-;. The maximum Gasteiger partial charge on any atom is 0.246 e. The third kappa shape index (κ3) is 5.84. The predicted molar refractivity (Wildman–Crippen MR) is 101 cm³/mol. The normalized spacial score (nSPS) is 18.0. The molecule has 1 heterocycles. The number of carbonyl (C=O) groups excluding carboxylic acids is 1. The third-order valence-electron chi connectivity index (χ3n) is 4.36. The van der Waals surface area contributed by atoms with Gasteiger partial charge >= 0.3 is 0 Å². The highest BCUT2D eigenvalue weighted by atomic mass is 35.5. The van der Waals surface area contributed by atoms with Crippen molar-refractivity contribution in [1.29, 1.82) is 0 Å². The molecule has 1 saturated heterocycles. The van der Waals surface area contributed by atoms with Gasteiger partial charge in [0.05, 0.1) is 7.11 Å². The maximum atomic E-state index is 12.5. The highest BCUT2D eigenvalue weighted by Gasteiger charge is 2.22. The minimum Gasteiger partial charge on any atom is -0.496 e. The number of nitrogens with zero attached hydrogens (tertiary/aromatic N) is 1. The molecule has 1 amide bonds. The second-order valence-corrected chi connectivity index (χ2v) is 6.33. The molecule has 0 aliphatic carbocycles. The van der Waals surface area contributed by atoms with Gasteiger partial charge in [-0.1, -0.05) is 23.8 Å². The Balaban J connectivity index is 0.00000288. The summed E-state index contributed by atoms with van der Waals surface area (Å²) < 4.78 is 5.38. The second kappa shape index (κ2) is 10.4. The van der Waals surface area contributed by atoms with E-state index in [9.17, 15) is 4.79 Å². The van der Waals surface area contributed by atoms with Gasteiger partial charge in [0.1, 0.15) is 5.75 Å². The van der Waals surface area contributed by atoms with Crippen LogP contribution in [0, 0.1) is 5.92 Å². The van der Waals surface area contributed by atoms with Crippen LogP contribution in [-0.2, 0) is 11.2 Å². The molecule has 1 N–H and O–H groups in total. The van der Waals surface area contributed by atoms with Crippen LogP contribution in [0.15, 0.2) is 35.9 Å². The monoisotopic (exact) mass is 352 g/mol. The van der Waals surface area contributed by atoms with Gasteiger partial charge in [-0.05, 0) is 57.3 Å². The molecule has 134 valence electrons. The van der Waals surface area contributed by atoms with Crippen molar-refractivity contribution in [3.05, 3.63) is 41.5 Å². The van der Waals surface area contributed by atoms with Gasteiger partial charge in [0.15, 0.2) is 0 Å². The van der Waals surface area contributed by atoms with Crippen LogP contribution in [-0.4, -0.2) is 44.6 Å². The number of hydrogen-bond donors (Lipinski definition) is 1. The molecule has 1 aliphatic heterocycles. The van der Waals surface area contributed by atoms with Crippen LogP contribution >= 0.6 is 12.4 Å². The van der Waals surface area contributed by atoms with E-state index in [-0.39, 0.29) is 18.3 Å². The molecule has 24 heavy (non-hydrogen) atoms. The largest absolute Gasteiger partial charge is 0.496 e. The van der Waals surface area contributed by atoms with E-state index < -0.39 is 0 Å². The molecule has 1 aliphatic rings. The number of methoxy groups -OCH3 is 1. The Morgan fingerprint density at radius 2 is 2.17 bits per heavy atom. The zero-order valence-electron chi connectivity index (χ0n) is 14.9. The zero-order chi connectivity index (χ0) is 16.7. The van der Waals surface area contributed by atoms with E-state index in [2.05, 4.69) is 5.32 Å². The van der Waals surface area contributed by atoms with Gasteiger partial charge in [0, 0.05) is 19.2 Å². The lowest BCUT2D eigenvalue weighted by molar-refractivity contribution is -0.127. The number of allylic oxidation sites excluding steroid dienone is 1. The van der Waals surface area contributed by atoms with Gasteiger partial charge in [-0.2, -0.15) is 0 Å². The molecule has 1 aromatic rings. The molecule has 1 atom stereocenters. The van der Waals surface area contributed by atoms with E-state index in [1.165, 1.54) is 6.42 Å². The molecule has 0 bridgehead atoms. The van der Waals surface area contributed by atoms with Crippen molar-refractivity contribution < 1.29 is 9.53 Å². The molecule has 0 radical (unpaired) electrons. The fourth-order valence-corrected chi connectivity index (χ4v) is 3.22. The number of para-hydroxylation sites is 1. The summed E-state index contributed by atoms with van der Waals surface area (Å²) in [6.07, 6.45) is 4.82. The first-order valence-electron chi connectivity index (χ1n) is 8.36. The van der Waals surface area contributed by atoms with Crippen LogP contribution in [0.1, 0.15) is 25.3 Å². The number of nitrogens with one attached hydrogen (secondary N) is 1. The van der Waals surface area contributed by atoms with E-state index in [0.717, 1.165) is 49.4 Å². The van der Waals surface area contributed by atoms with Gasteiger partial charge in [0.25, 0.3) is 0 Å². The summed E-state index contributed by atoms with van der Waals surface area (Å²) in [5.74, 6) is 1.58. The van der Waals surface area contributed by atoms with E-state index in [1.807, 2.05) is 43.1 Å². The van der Waals surface area contributed by atoms with Crippen molar-refractivity contribution in [1.82, 2.24) is 10.2 Å². The molecule has 1 aromatic carbocycles. The fraction of sp³-hybridized carbons (Fsp3) is 0.526. The lowest BCUT2D eigenvalue weighted by Gasteiger charge is -2.32. The zero-order valence-corrected chi connectivity index (χ0v) is 15.7. The quantitative estimate of drug-likeness (QED) is 0.800. The van der Waals surface area contributed by atoms with E-state index in [1.54, 1.807) is 13.2 Å². The number of carbonyl (C=O) groups is 1. The van der Waals surface area contributed by atoms with Crippen LogP contribution in [0.4, 0.5) is 0 Å². The van der Waals surface area contributed by atoms with Crippen LogP contribution in [0.25, 0.3) is 0 Å². The Hall–Kier alpha value is -1.52. The minimum absolute atomic E-state index is 0. The summed E-state index contributed by atoms with van der Waals surface area (Å²) in [5, 5.41) is 3.22. The summed E-state index contributed by atoms with van der Waals surface area (Å²) in [7, 11) is 3.65. The first kappa shape index (κ1) is 20.5. The average Bonchev–Trinajstić information content (AvgIpc) is 2.56. The Labute approximate surface area is 151 Å². The molecule has 0 spiro atoms. The average molecular weight is 353 g/mol. The van der Waals surface area contributed by atoms with Crippen molar-refractivity contribution >= 4 is 18.3 Å². The molecule has 4 nitrogen and oxygen atoms in total. The Kier molecular flexibility index (Phi) is 8.87. The summed E-state index contributed by atoms with van der Waals surface area (Å²) in [6, 6.07) is 7.96. The van der Waals surface area contributed by atoms with Crippen molar-refractivity contribution in [3.8, 4) is 5.75 Å². The van der Waals surface area contributed by atoms with Gasteiger partial charge in [-0.25, -0.2) is 0 Å². The fourth-order valence-electron chi connectivity index (χ4n) is 3.22. The smallest absolute Gasteiger partial charge is 0.246 e. The highest BCUT2D eigenvalue weighted by Crippen LogP contribution is 2.21. The predicted octanol–water partition coefficient (Wildman–Crippen LogP) is 3.06. The van der Waals surface area contributed by atoms with Crippen molar-refractivity contribution in [3.63, 3.8) is 0 Å². The number of piperidine rings is 1. The van der Waals surface area contributed by atoms with E-state index >= 15 is 0 Å². The number of likely N-dealkylation sites (tertiary alicyclic amines) is 1. The summed E-state index contributed by atoms with van der Waals surface area (Å²) in [6.45, 7) is 4.72. The minimum atomic E-state index is 0. The number of halogens is 1. The van der Waals surface area contributed by atoms with E-state index in [4.69, 9.17) is 4.74 Å². The molecule has 2 rings (SSSR count). The molecule has 1 fully saturated rings. The van der Waals surface area contributed by atoms with E-state index in [0.29, 0.717) is 5.92 Å². The first-order chi connectivity index (χ1) is 11.1. The Bertz CT molecular complexity index is 558. The molecular weight excluding hydrogens is 324 g/mol. The van der Waals surface area contributed by atoms with Gasteiger partial charge < -0.3 is 15.0 Å². The summed E-state index contributed by atoms with van der Waals surface area (Å²) in [4.78, 5) is 14.5. The van der Waals surface area contributed by atoms with Gasteiger partial charge in [-0.15, -0.1) is 12.4 Å². The lowest BCUT2D eigenvalue weighted by Crippen LogP contribution is -2.41. The number of hydrogen-bond acceptors (Lipinski definition) is 3. The van der Waals surface area contributed by atoms with Gasteiger partial charge in [0.2, 0.25) is 5.91 Å². The molecule has 5 heteroatoms. The lowest BCUT2D eigenvalue weighted by atomic mass is 9.97. The first-order valence-corrected chi connectivity index (χ1v) is 8.36. The van der Waals surface area contributed by atoms with Crippen LogP contribution in [0.3, 0.4) is 0 Å². The molecule has 1 unspecified atom stereocenters. The van der Waals surface area contributed by atoms with Crippen molar-refractivity contribution in [2.24, 2.45) is 5.92 Å². The highest BCUT2D eigenvalue weighted by molar-refractivity contribution is 5.88. The second-order valence-electron chi connectivity index (χ2n) is 6.33. The van der Waals surface area contributed by atoms with Crippen molar-refractivity contribution in [2.45, 2.75) is 26.2 Å². The molecule has 0 aromatic heterocycles. The Morgan fingerprint density at radius 1 is 1.42 bits per heavy atom.